The van der Waals surface area contributed by atoms with Crippen LogP contribution in [0.2, 0.25) is 0 Å². The van der Waals surface area contributed by atoms with E-state index >= 15 is 0 Å². The van der Waals surface area contributed by atoms with Crippen molar-refractivity contribution in [3.8, 4) is 11.1 Å². The first-order valence-electron chi connectivity index (χ1n) is 8.62. The van der Waals surface area contributed by atoms with Crippen molar-refractivity contribution in [2.24, 2.45) is 5.16 Å². The number of carbonyl (C=O) groups excluding carboxylic acids is 2. The molecule has 0 aliphatic rings. The first kappa shape index (κ1) is 20.0. The van der Waals surface area contributed by atoms with E-state index in [0.717, 1.165) is 11.1 Å². The van der Waals surface area contributed by atoms with Gasteiger partial charge in [-0.1, -0.05) is 43.3 Å². The molecule has 0 atom stereocenters. The monoisotopic (exact) mass is 368 g/mol. The normalized spacial score (nSPS) is 11.1. The highest BCUT2D eigenvalue weighted by atomic mass is 16.7. The van der Waals surface area contributed by atoms with Crippen LogP contribution in [0.3, 0.4) is 0 Å². The molecule has 0 N–H and O–H groups in total. The van der Waals surface area contributed by atoms with Gasteiger partial charge in [0.15, 0.2) is 0 Å². The molecule has 0 unspecified atom stereocenters. The van der Waals surface area contributed by atoms with E-state index in [0.29, 0.717) is 18.4 Å². The number of benzene rings is 2. The average Bonchev–Trinajstić information content (AvgIpc) is 2.68. The predicted octanol–water partition coefficient (Wildman–Crippen LogP) is 4.55. The number of hydrogen-bond donors (Lipinski definition) is 0. The Morgan fingerprint density at radius 1 is 1.00 bits per heavy atom. The molecule has 0 saturated heterocycles. The van der Waals surface area contributed by atoms with Gasteiger partial charge in [-0.15, -0.1) is 0 Å². The average molecular weight is 368 g/mol. The van der Waals surface area contributed by atoms with E-state index in [4.69, 9.17) is 4.84 Å². The van der Waals surface area contributed by atoms with E-state index in [9.17, 15) is 19.7 Å². The molecule has 2 aromatic carbocycles. The Kier molecular flexibility index (Phi) is 6.93. The molecule has 27 heavy (non-hydrogen) atoms. The van der Waals surface area contributed by atoms with Crippen molar-refractivity contribution in [1.82, 2.24) is 0 Å². The molecule has 140 valence electrons. The molecule has 0 aliphatic heterocycles. The molecule has 7 nitrogen and oxygen atoms in total. The maximum absolute atomic E-state index is 12.5. The van der Waals surface area contributed by atoms with E-state index < -0.39 is 10.9 Å². The fourth-order valence-electron chi connectivity index (χ4n) is 2.38. The van der Waals surface area contributed by atoms with Crippen LogP contribution in [-0.4, -0.2) is 22.4 Å². The van der Waals surface area contributed by atoms with Gasteiger partial charge in [0.25, 0.3) is 5.69 Å². The number of non-ortho nitro benzene ring substituents is 1. The quantitative estimate of drug-likeness (QED) is 0.224. The van der Waals surface area contributed by atoms with Crippen molar-refractivity contribution >= 4 is 23.2 Å². The topological polar surface area (TPSA) is 98.9 Å². The van der Waals surface area contributed by atoms with Crippen LogP contribution in [0.1, 0.15) is 43.5 Å². The van der Waals surface area contributed by atoms with Crippen LogP contribution in [0.15, 0.2) is 53.7 Å². The van der Waals surface area contributed by atoms with Gasteiger partial charge in [-0.25, -0.2) is 4.79 Å². The summed E-state index contributed by atoms with van der Waals surface area (Å²) in [6.45, 7) is 3.61. The summed E-state index contributed by atoms with van der Waals surface area (Å²) >= 11 is 0. The number of nitro benzene ring substituents is 1. The molecule has 0 heterocycles. The summed E-state index contributed by atoms with van der Waals surface area (Å²) in [6.07, 6.45) is 1.23. The lowest BCUT2D eigenvalue weighted by atomic mass is 10.00. The molecule has 0 fully saturated rings. The summed E-state index contributed by atoms with van der Waals surface area (Å²) in [5.41, 5.74) is 2.24. The third-order valence-electron chi connectivity index (χ3n) is 3.87. The minimum absolute atomic E-state index is 0.0203. The Labute approximate surface area is 156 Å². The minimum atomic E-state index is -0.468. The molecule has 0 aromatic heterocycles. The fraction of sp³-hybridized carbons (Fsp3) is 0.250. The van der Waals surface area contributed by atoms with Crippen molar-refractivity contribution in [3.05, 3.63) is 64.2 Å². The van der Waals surface area contributed by atoms with Crippen LogP contribution in [0.5, 0.6) is 0 Å². The highest BCUT2D eigenvalue weighted by Crippen LogP contribution is 2.23. The molecule has 7 heteroatoms. The van der Waals surface area contributed by atoms with Crippen LogP contribution in [0.25, 0.3) is 11.1 Å². The van der Waals surface area contributed by atoms with Gasteiger partial charge in [-0.2, -0.15) is 0 Å². The van der Waals surface area contributed by atoms with E-state index in [-0.39, 0.29) is 23.6 Å². The highest BCUT2D eigenvalue weighted by molar-refractivity contribution is 6.45. The summed E-state index contributed by atoms with van der Waals surface area (Å²) in [4.78, 5) is 39.0. The number of hydrogen-bond acceptors (Lipinski definition) is 6. The third kappa shape index (κ3) is 5.31. The zero-order valence-corrected chi connectivity index (χ0v) is 15.2. The lowest BCUT2D eigenvalue weighted by Gasteiger charge is -2.05. The van der Waals surface area contributed by atoms with E-state index in [2.05, 4.69) is 5.16 Å². The first-order chi connectivity index (χ1) is 13.0. The Hall–Kier alpha value is -3.35. The van der Waals surface area contributed by atoms with Gasteiger partial charge in [-0.05, 0) is 36.1 Å². The van der Waals surface area contributed by atoms with Crippen molar-refractivity contribution in [2.45, 2.75) is 33.1 Å². The summed E-state index contributed by atoms with van der Waals surface area (Å²) in [5.74, 6) is -0.776. The van der Waals surface area contributed by atoms with E-state index in [1.54, 1.807) is 43.3 Å². The summed E-state index contributed by atoms with van der Waals surface area (Å²) < 4.78 is 0. The second-order valence-corrected chi connectivity index (χ2v) is 5.82. The van der Waals surface area contributed by atoms with E-state index in [1.807, 2.05) is 6.92 Å². The number of carbonyl (C=O) groups is 2. The molecule has 0 aliphatic carbocycles. The van der Waals surface area contributed by atoms with Crippen LogP contribution < -0.4 is 0 Å². The first-order valence-corrected chi connectivity index (χ1v) is 8.62. The third-order valence-corrected chi connectivity index (χ3v) is 3.87. The van der Waals surface area contributed by atoms with Gasteiger partial charge >= 0.3 is 5.97 Å². The van der Waals surface area contributed by atoms with Crippen molar-refractivity contribution < 1.29 is 19.3 Å². The summed E-state index contributed by atoms with van der Waals surface area (Å²) in [6, 6.07) is 13.0. The molecular formula is C20H20N2O5. The maximum Gasteiger partial charge on any atom is 0.335 e. The Balaban J connectivity index is 2.15. The van der Waals surface area contributed by atoms with Crippen LogP contribution in [0, 0.1) is 10.1 Å². The zero-order chi connectivity index (χ0) is 19.8. The minimum Gasteiger partial charge on any atom is -0.318 e. The Bertz CT molecular complexity index is 855. The van der Waals surface area contributed by atoms with Gasteiger partial charge in [0, 0.05) is 24.1 Å². The number of ketones is 1. The van der Waals surface area contributed by atoms with Gasteiger partial charge < -0.3 is 4.84 Å². The van der Waals surface area contributed by atoms with Gasteiger partial charge in [0.05, 0.1) is 4.92 Å². The molecule has 0 bridgehead atoms. The van der Waals surface area contributed by atoms with Crippen LogP contribution >= 0.6 is 0 Å². The smallest absolute Gasteiger partial charge is 0.318 e. The lowest BCUT2D eigenvalue weighted by molar-refractivity contribution is -0.384. The second-order valence-electron chi connectivity index (χ2n) is 5.82. The molecule has 2 rings (SSSR count). The maximum atomic E-state index is 12.5. The van der Waals surface area contributed by atoms with Crippen LogP contribution in [0.4, 0.5) is 5.69 Å². The largest absolute Gasteiger partial charge is 0.335 e. The lowest BCUT2D eigenvalue weighted by Crippen LogP contribution is -2.15. The number of Topliss-reactive ketones (excluding diaryl/α,β-unsaturated/α-hetero) is 1. The standard InChI is InChI=1S/C20H20N2O5/c1-3-5-19(23)27-21-18(4-2)20(24)16-8-6-14(7-9-16)15-10-12-17(13-11-15)22(25)26/h6-13H,3-5H2,1-2H3/b21-18-. The number of oxime groups is 1. The summed E-state index contributed by atoms with van der Waals surface area (Å²) in [5, 5.41) is 14.4. The Morgan fingerprint density at radius 2 is 1.56 bits per heavy atom. The number of nitrogens with zero attached hydrogens (tertiary/aromatic N) is 2. The van der Waals surface area contributed by atoms with Gasteiger partial charge in [0.1, 0.15) is 5.71 Å². The number of rotatable bonds is 8. The molecule has 0 amide bonds. The van der Waals surface area contributed by atoms with Crippen molar-refractivity contribution in [2.75, 3.05) is 0 Å². The SMILES string of the molecule is CCCC(=O)O/N=C(/CC)C(=O)c1ccc(-c2ccc([N+](=O)[O-])cc2)cc1. The zero-order valence-electron chi connectivity index (χ0n) is 15.2. The molecule has 0 saturated carbocycles. The molecular weight excluding hydrogens is 348 g/mol. The predicted molar refractivity (Wildman–Crippen MR) is 102 cm³/mol. The van der Waals surface area contributed by atoms with Gasteiger partial charge in [0.2, 0.25) is 5.78 Å². The Morgan fingerprint density at radius 3 is 2.04 bits per heavy atom. The fourth-order valence-corrected chi connectivity index (χ4v) is 2.38. The molecule has 0 spiro atoms. The van der Waals surface area contributed by atoms with Crippen molar-refractivity contribution in [1.29, 1.82) is 0 Å². The van der Waals surface area contributed by atoms with Crippen LogP contribution in [-0.2, 0) is 9.63 Å². The second kappa shape index (κ2) is 9.38. The summed E-state index contributed by atoms with van der Waals surface area (Å²) in [7, 11) is 0. The van der Waals surface area contributed by atoms with Gasteiger partial charge in [-0.3, -0.25) is 14.9 Å². The highest BCUT2D eigenvalue weighted by Gasteiger charge is 2.14. The van der Waals surface area contributed by atoms with Crippen molar-refractivity contribution in [3.63, 3.8) is 0 Å². The molecule has 0 radical (unpaired) electrons. The van der Waals surface area contributed by atoms with E-state index in [1.165, 1.54) is 12.1 Å². The number of nitro groups is 1. The molecule has 2 aromatic rings.